The van der Waals surface area contributed by atoms with Crippen LogP contribution in [0.3, 0.4) is 0 Å². The van der Waals surface area contributed by atoms with Crippen molar-refractivity contribution in [3.63, 3.8) is 0 Å². The maximum Gasteiger partial charge on any atom is 0.241 e. The molecule has 8 nitrogen and oxygen atoms in total. The highest BCUT2D eigenvalue weighted by Crippen LogP contribution is 2.29. The van der Waals surface area contributed by atoms with E-state index < -0.39 is 12.1 Å². The molecular formula is C21H19N5O3S. The number of nitrogens with one attached hydrogen (secondary N) is 1. The highest BCUT2D eigenvalue weighted by Gasteiger charge is 2.32. The van der Waals surface area contributed by atoms with Gasteiger partial charge in [-0.1, -0.05) is 0 Å². The van der Waals surface area contributed by atoms with E-state index in [1.807, 2.05) is 24.4 Å². The summed E-state index contributed by atoms with van der Waals surface area (Å²) >= 11 is 1.56. The van der Waals surface area contributed by atoms with Crippen molar-refractivity contribution < 1.29 is 9.53 Å². The number of nitriles is 1. The first-order chi connectivity index (χ1) is 14.6. The fourth-order valence-electron chi connectivity index (χ4n) is 3.41. The van der Waals surface area contributed by atoms with Crippen LogP contribution in [-0.2, 0) is 11.2 Å². The van der Waals surface area contributed by atoms with Crippen LogP contribution in [0.25, 0.3) is 10.9 Å². The first-order valence-electron chi connectivity index (χ1n) is 9.34. The summed E-state index contributed by atoms with van der Waals surface area (Å²) in [7, 11) is 0. The van der Waals surface area contributed by atoms with Gasteiger partial charge >= 0.3 is 0 Å². The summed E-state index contributed by atoms with van der Waals surface area (Å²) < 4.78 is 5.87. The molecule has 4 rings (SSSR count). The van der Waals surface area contributed by atoms with E-state index in [1.165, 1.54) is 0 Å². The molecule has 3 N–H and O–H groups in total. The molecule has 30 heavy (non-hydrogen) atoms. The van der Waals surface area contributed by atoms with Crippen LogP contribution in [0, 0.1) is 16.2 Å². The maximum absolute atomic E-state index is 12.7. The van der Waals surface area contributed by atoms with Crippen molar-refractivity contribution in [2.45, 2.75) is 18.5 Å². The SMILES string of the molecule is N#C[C@H]1CSCN1C(=O)[C@@H](N)Cc1c[nH]c2ccc(Oc3ccc(N=O)cc3)cc12. The molecule has 1 aliphatic rings. The fraction of sp³-hybridized carbons (Fsp3) is 0.238. The van der Waals surface area contributed by atoms with Gasteiger partial charge in [0.25, 0.3) is 0 Å². The van der Waals surface area contributed by atoms with E-state index in [1.54, 1.807) is 40.9 Å². The van der Waals surface area contributed by atoms with Crippen LogP contribution in [0.1, 0.15) is 5.56 Å². The number of aromatic amines is 1. The second-order valence-electron chi connectivity index (χ2n) is 6.97. The Kier molecular flexibility index (Phi) is 5.70. The molecule has 0 radical (unpaired) electrons. The molecule has 2 atom stereocenters. The first-order valence-corrected chi connectivity index (χ1v) is 10.5. The molecular weight excluding hydrogens is 402 g/mol. The summed E-state index contributed by atoms with van der Waals surface area (Å²) in [5.74, 6) is 2.11. The molecule has 1 amide bonds. The summed E-state index contributed by atoms with van der Waals surface area (Å²) in [4.78, 5) is 28.0. The Bertz CT molecular complexity index is 1120. The number of nitrogens with two attached hydrogens (primary N) is 1. The molecule has 152 valence electrons. The molecule has 3 aromatic rings. The number of carbonyl (C=O) groups excluding carboxylic acids is 1. The number of thioether (sulfide) groups is 1. The van der Waals surface area contributed by atoms with Crippen LogP contribution in [0.4, 0.5) is 5.69 Å². The first kappa shape index (κ1) is 19.9. The Balaban J connectivity index is 1.51. The van der Waals surface area contributed by atoms with Gasteiger partial charge in [-0.2, -0.15) is 5.26 Å². The van der Waals surface area contributed by atoms with Gasteiger partial charge in [0.05, 0.1) is 18.0 Å². The normalized spacial score (nSPS) is 16.9. The number of ether oxygens (including phenoxy) is 1. The van der Waals surface area contributed by atoms with Crippen molar-refractivity contribution in [3.8, 4) is 17.6 Å². The molecule has 0 unspecified atom stereocenters. The number of nitroso groups, excluding NO2 is 1. The van der Waals surface area contributed by atoms with Gasteiger partial charge < -0.3 is 20.4 Å². The number of rotatable bonds is 6. The van der Waals surface area contributed by atoms with Crippen LogP contribution in [-0.4, -0.2) is 39.5 Å². The van der Waals surface area contributed by atoms with Crippen molar-refractivity contribution in [2.24, 2.45) is 10.9 Å². The van der Waals surface area contributed by atoms with Gasteiger partial charge in [0.1, 0.15) is 23.2 Å². The number of aromatic nitrogens is 1. The van der Waals surface area contributed by atoms with E-state index in [0.29, 0.717) is 35.2 Å². The number of hydrogen-bond acceptors (Lipinski definition) is 7. The number of amides is 1. The summed E-state index contributed by atoms with van der Waals surface area (Å²) in [6, 6.07) is 13.1. The van der Waals surface area contributed by atoms with Gasteiger partial charge in [0, 0.05) is 22.9 Å². The van der Waals surface area contributed by atoms with Gasteiger partial charge in [-0.3, -0.25) is 4.79 Å². The Morgan fingerprint density at radius 2 is 2.10 bits per heavy atom. The number of nitrogens with zero attached hydrogens (tertiary/aromatic N) is 3. The lowest BCUT2D eigenvalue weighted by atomic mass is 10.0. The lowest BCUT2D eigenvalue weighted by Gasteiger charge is -2.22. The third kappa shape index (κ3) is 4.01. The predicted octanol–water partition coefficient (Wildman–Crippen LogP) is 3.65. The number of benzene rings is 2. The molecule has 2 aromatic carbocycles. The van der Waals surface area contributed by atoms with Crippen LogP contribution in [0.15, 0.2) is 53.8 Å². The third-order valence-corrected chi connectivity index (χ3v) is 6.00. The largest absolute Gasteiger partial charge is 0.457 e. The minimum atomic E-state index is -0.730. The summed E-state index contributed by atoms with van der Waals surface area (Å²) in [6.07, 6.45) is 2.19. The summed E-state index contributed by atoms with van der Waals surface area (Å²) in [5, 5.41) is 13.0. The Morgan fingerprint density at radius 3 is 2.83 bits per heavy atom. The topological polar surface area (TPSA) is 125 Å². The van der Waals surface area contributed by atoms with Crippen molar-refractivity contribution in [3.05, 3.63) is 59.1 Å². The van der Waals surface area contributed by atoms with E-state index in [2.05, 4.69) is 16.2 Å². The molecule has 1 fully saturated rings. The summed E-state index contributed by atoms with van der Waals surface area (Å²) in [5.41, 5.74) is 8.34. The van der Waals surface area contributed by atoms with Gasteiger partial charge in [0.2, 0.25) is 5.91 Å². The average Bonchev–Trinajstić information content (AvgIpc) is 3.40. The number of hydrogen-bond donors (Lipinski definition) is 2. The predicted molar refractivity (Wildman–Crippen MR) is 116 cm³/mol. The molecule has 0 saturated carbocycles. The van der Waals surface area contributed by atoms with Crippen molar-refractivity contribution in [1.29, 1.82) is 5.26 Å². The molecule has 9 heteroatoms. The highest BCUT2D eigenvalue weighted by atomic mass is 32.2. The highest BCUT2D eigenvalue weighted by molar-refractivity contribution is 7.99. The second kappa shape index (κ2) is 8.57. The molecule has 0 aliphatic carbocycles. The van der Waals surface area contributed by atoms with Crippen LogP contribution >= 0.6 is 11.8 Å². The molecule has 0 bridgehead atoms. The Hall–Kier alpha value is -3.35. The van der Waals surface area contributed by atoms with Gasteiger partial charge in [0.15, 0.2) is 0 Å². The maximum atomic E-state index is 12.7. The van der Waals surface area contributed by atoms with E-state index in [0.717, 1.165) is 16.5 Å². The quantitative estimate of drug-likeness (QED) is 0.585. The minimum absolute atomic E-state index is 0.211. The average molecular weight is 421 g/mol. The third-order valence-electron chi connectivity index (χ3n) is 4.99. The zero-order valence-electron chi connectivity index (χ0n) is 15.9. The lowest BCUT2D eigenvalue weighted by molar-refractivity contribution is -0.132. The van der Waals surface area contributed by atoms with Crippen molar-refractivity contribution in [2.75, 3.05) is 11.6 Å². The second-order valence-corrected chi connectivity index (χ2v) is 7.97. The smallest absolute Gasteiger partial charge is 0.241 e. The number of carbonyl (C=O) groups is 1. The number of H-pyrrole nitrogens is 1. The van der Waals surface area contributed by atoms with Crippen LogP contribution in [0.5, 0.6) is 11.5 Å². The van der Waals surface area contributed by atoms with Gasteiger partial charge in [-0.05, 0) is 59.6 Å². The standard InChI is InChI=1S/C21H19N5O3S/c22-9-15-11-30-12-26(15)21(27)19(23)7-13-10-24-20-6-5-17(8-18(13)20)29-16-3-1-14(25-28)2-4-16/h1-6,8,10,15,19,24H,7,11-12,23H2/t15-,19-/m0/s1. The van der Waals surface area contributed by atoms with E-state index in [9.17, 15) is 15.0 Å². The number of fused-ring (bicyclic) bond motifs is 1. The van der Waals surface area contributed by atoms with Gasteiger partial charge in [-0.25, -0.2) is 0 Å². The van der Waals surface area contributed by atoms with E-state index in [-0.39, 0.29) is 5.91 Å². The van der Waals surface area contributed by atoms with Crippen LogP contribution < -0.4 is 10.5 Å². The fourth-order valence-corrected chi connectivity index (χ4v) is 4.49. The molecule has 1 aromatic heterocycles. The lowest BCUT2D eigenvalue weighted by Crippen LogP contribution is -2.47. The summed E-state index contributed by atoms with van der Waals surface area (Å²) in [6.45, 7) is 0. The molecule has 1 saturated heterocycles. The minimum Gasteiger partial charge on any atom is -0.457 e. The zero-order chi connectivity index (χ0) is 21.1. The van der Waals surface area contributed by atoms with Gasteiger partial charge in [-0.15, -0.1) is 16.7 Å². The molecule has 1 aliphatic heterocycles. The molecule has 2 heterocycles. The van der Waals surface area contributed by atoms with Crippen LogP contribution in [0.2, 0.25) is 0 Å². The van der Waals surface area contributed by atoms with Crippen molar-refractivity contribution >= 4 is 34.3 Å². The van der Waals surface area contributed by atoms with Crippen molar-refractivity contribution in [1.82, 2.24) is 9.88 Å². The van der Waals surface area contributed by atoms with E-state index in [4.69, 9.17) is 10.5 Å². The Morgan fingerprint density at radius 1 is 1.33 bits per heavy atom. The zero-order valence-corrected chi connectivity index (χ0v) is 16.8. The monoisotopic (exact) mass is 421 g/mol. The van der Waals surface area contributed by atoms with E-state index >= 15 is 0 Å². The molecule has 0 spiro atoms. The Labute approximate surface area is 177 Å².